The molecule has 51 heavy (non-hydrogen) atoms. The normalized spacial score (nSPS) is 15.9. The number of methoxy groups -OCH3 is 3. The molecule has 1 aromatic carbocycles. The first-order valence-electron chi connectivity index (χ1n) is 17.3. The molecule has 1 heterocycles. The smallest absolute Gasteiger partial charge is 0.319 e. The zero-order valence-electron chi connectivity index (χ0n) is 31.3. The van der Waals surface area contributed by atoms with Gasteiger partial charge in [-0.15, -0.1) is 0 Å². The summed E-state index contributed by atoms with van der Waals surface area (Å²) in [4.78, 5) is 45.8. The fourth-order valence-corrected chi connectivity index (χ4v) is 6.96. The second-order valence-electron chi connectivity index (χ2n) is 12.5. The lowest BCUT2D eigenvalue weighted by Gasteiger charge is -2.35. The van der Waals surface area contributed by atoms with Crippen LogP contribution < -0.4 is 4.74 Å². The third-order valence-electron chi connectivity index (χ3n) is 7.82. The average molecular weight is 734 g/mol. The van der Waals surface area contributed by atoms with Gasteiger partial charge in [-0.2, -0.15) is 0 Å². The van der Waals surface area contributed by atoms with Gasteiger partial charge in [-0.1, -0.05) is 11.8 Å². The van der Waals surface area contributed by atoms with Crippen molar-refractivity contribution >= 4 is 26.4 Å². The van der Waals surface area contributed by atoms with E-state index in [-0.39, 0.29) is 49.6 Å². The van der Waals surface area contributed by atoms with Crippen LogP contribution in [-0.4, -0.2) is 155 Å². The van der Waals surface area contributed by atoms with Gasteiger partial charge in [0.25, 0.3) is 8.53 Å². The van der Waals surface area contributed by atoms with Crippen LogP contribution in [0.4, 0.5) is 0 Å². The summed E-state index contributed by atoms with van der Waals surface area (Å²) < 4.78 is 35.5. The number of esters is 3. The Morgan fingerprint density at radius 3 is 1.80 bits per heavy atom. The molecule has 0 N–H and O–H groups in total. The van der Waals surface area contributed by atoms with Crippen LogP contribution in [0.5, 0.6) is 5.75 Å². The van der Waals surface area contributed by atoms with Crippen LogP contribution >= 0.6 is 8.53 Å². The Balaban J connectivity index is 2.08. The fourth-order valence-electron chi connectivity index (χ4n) is 5.34. The van der Waals surface area contributed by atoms with E-state index in [9.17, 15) is 14.4 Å². The number of rotatable bonds is 18. The van der Waals surface area contributed by atoms with Crippen molar-refractivity contribution in [2.45, 2.75) is 58.7 Å². The van der Waals surface area contributed by atoms with Gasteiger partial charge in [0.05, 0.1) is 47.6 Å². The van der Waals surface area contributed by atoms with Gasteiger partial charge < -0.3 is 32.8 Å². The first kappa shape index (κ1) is 43.8. The van der Waals surface area contributed by atoms with Gasteiger partial charge >= 0.3 is 17.9 Å². The third kappa shape index (κ3) is 17.6. The lowest BCUT2D eigenvalue weighted by atomic mass is 10.2. The van der Waals surface area contributed by atoms with E-state index in [0.717, 1.165) is 12.0 Å². The van der Waals surface area contributed by atoms with Crippen LogP contribution in [0.1, 0.15) is 46.1 Å². The standard InChI is InChI=1S/C36H56N5O9P/c1-29(2)41(30(3)4)51(49-23-17-37-5)48-22-11-9-10-12-31-13-15-32(16-14-31)50-33-24-39(27-35(43)46-7)20-18-38(26-34(42)45-6)19-21-40(25-33)28-36(44)47-8/h13-16,29-30,33H,9,11,17-28H2,1-4,6-8H3. The molecular formula is C36H56N5O9P. The highest BCUT2D eigenvalue weighted by molar-refractivity contribution is 7.44. The lowest BCUT2D eigenvalue weighted by molar-refractivity contribution is -0.144. The Morgan fingerprint density at radius 1 is 0.824 bits per heavy atom. The molecule has 1 aromatic rings. The van der Waals surface area contributed by atoms with Gasteiger partial charge in [0.15, 0.2) is 0 Å². The highest BCUT2D eigenvalue weighted by Gasteiger charge is 2.28. The van der Waals surface area contributed by atoms with Crippen LogP contribution in [0.2, 0.25) is 0 Å². The Morgan fingerprint density at radius 2 is 1.31 bits per heavy atom. The first-order chi connectivity index (χ1) is 24.5. The van der Waals surface area contributed by atoms with E-state index in [4.69, 9.17) is 34.6 Å². The van der Waals surface area contributed by atoms with E-state index in [0.29, 0.717) is 71.2 Å². The van der Waals surface area contributed by atoms with Crippen molar-refractivity contribution in [1.29, 1.82) is 0 Å². The second kappa shape index (κ2) is 24.8. The molecule has 1 saturated heterocycles. The van der Waals surface area contributed by atoms with Crippen LogP contribution in [0.3, 0.4) is 0 Å². The molecule has 0 aromatic heterocycles. The molecular weight excluding hydrogens is 677 g/mol. The van der Waals surface area contributed by atoms with Gasteiger partial charge in [0.2, 0.25) is 6.54 Å². The molecule has 2 rings (SSSR count). The van der Waals surface area contributed by atoms with Crippen molar-refractivity contribution in [3.63, 3.8) is 0 Å². The zero-order chi connectivity index (χ0) is 37.6. The van der Waals surface area contributed by atoms with Gasteiger partial charge in [-0.3, -0.25) is 29.1 Å². The first-order valence-corrected chi connectivity index (χ1v) is 18.4. The van der Waals surface area contributed by atoms with Crippen LogP contribution in [0.15, 0.2) is 24.3 Å². The molecule has 0 aliphatic carbocycles. The SMILES string of the molecule is [C-]#[N+]CCOP(OCCCC#Cc1ccc(OC2CN(CC(=O)OC)CCN(CC(=O)OC)CCN(CC(=O)OC)C2)cc1)N(C(C)C)C(C)C. The molecule has 1 atom stereocenters. The molecule has 15 heteroatoms. The number of unbranched alkanes of at least 4 members (excludes halogenated alkanes) is 1. The number of ether oxygens (including phenoxy) is 4. The topological polar surface area (TPSA) is 124 Å². The molecule has 1 fully saturated rings. The van der Waals surface area contributed by atoms with E-state index in [1.807, 2.05) is 39.0 Å². The highest BCUT2D eigenvalue weighted by Crippen LogP contribution is 2.45. The largest absolute Gasteiger partial charge is 0.488 e. The maximum absolute atomic E-state index is 12.3. The van der Waals surface area contributed by atoms with Gasteiger partial charge in [-0.05, 0) is 58.4 Å². The number of hydrogen-bond donors (Lipinski definition) is 0. The summed E-state index contributed by atoms with van der Waals surface area (Å²) in [5, 5.41) is 0. The van der Waals surface area contributed by atoms with Crippen molar-refractivity contribution in [1.82, 2.24) is 19.4 Å². The number of hydrogen-bond acceptors (Lipinski definition) is 13. The molecule has 0 radical (unpaired) electrons. The van der Waals surface area contributed by atoms with Gasteiger partial charge in [0, 0.05) is 63.3 Å². The van der Waals surface area contributed by atoms with Crippen molar-refractivity contribution in [2.75, 3.05) is 100.0 Å². The van der Waals surface area contributed by atoms with E-state index < -0.39 is 14.6 Å². The summed E-state index contributed by atoms with van der Waals surface area (Å²) in [6, 6.07) is 8.02. The number of nitrogens with zero attached hydrogens (tertiary/aromatic N) is 5. The molecule has 284 valence electrons. The Labute approximate surface area is 305 Å². The summed E-state index contributed by atoms with van der Waals surface area (Å²) in [6.45, 7) is 19.6. The maximum atomic E-state index is 12.3. The van der Waals surface area contributed by atoms with Crippen molar-refractivity contribution in [2.24, 2.45) is 0 Å². The lowest BCUT2D eigenvalue weighted by Crippen LogP contribution is -2.52. The summed E-state index contributed by atoms with van der Waals surface area (Å²) in [7, 11) is 2.77. The van der Waals surface area contributed by atoms with E-state index in [1.165, 1.54) is 21.3 Å². The predicted octanol–water partition coefficient (Wildman–Crippen LogP) is 3.30. The molecule has 14 nitrogen and oxygen atoms in total. The van der Waals surface area contributed by atoms with E-state index in [2.05, 4.69) is 49.1 Å². The highest BCUT2D eigenvalue weighted by atomic mass is 31.2. The number of carbonyl (C=O) groups is 3. The molecule has 1 aliphatic heterocycles. The number of carbonyl (C=O) groups excluding carboxylic acids is 3. The molecule has 0 bridgehead atoms. The monoisotopic (exact) mass is 733 g/mol. The van der Waals surface area contributed by atoms with Crippen molar-refractivity contribution < 1.29 is 42.4 Å². The summed E-state index contributed by atoms with van der Waals surface area (Å²) in [6.07, 6.45) is 0.995. The van der Waals surface area contributed by atoms with E-state index >= 15 is 0 Å². The maximum Gasteiger partial charge on any atom is 0.319 e. The minimum Gasteiger partial charge on any atom is -0.488 e. The second-order valence-corrected chi connectivity index (χ2v) is 14.0. The molecule has 0 spiro atoms. The summed E-state index contributed by atoms with van der Waals surface area (Å²) in [5.41, 5.74) is 0.843. The van der Waals surface area contributed by atoms with E-state index in [1.54, 1.807) is 0 Å². The van der Waals surface area contributed by atoms with Crippen molar-refractivity contribution in [3.8, 4) is 17.6 Å². The molecule has 1 aliphatic rings. The Kier molecular flexibility index (Phi) is 21.3. The molecule has 0 amide bonds. The molecule has 1 unspecified atom stereocenters. The van der Waals surface area contributed by atoms with Crippen LogP contribution in [0, 0.1) is 18.4 Å². The summed E-state index contributed by atoms with van der Waals surface area (Å²) >= 11 is 0. The quantitative estimate of drug-likeness (QED) is 0.0548. The van der Waals surface area contributed by atoms with Gasteiger partial charge in [0.1, 0.15) is 18.5 Å². The summed E-state index contributed by atoms with van der Waals surface area (Å²) in [5.74, 6) is 5.92. The predicted molar refractivity (Wildman–Crippen MR) is 195 cm³/mol. The molecule has 0 saturated carbocycles. The minimum atomic E-state index is -1.26. The third-order valence-corrected chi connectivity index (χ3v) is 9.93. The van der Waals surface area contributed by atoms with Gasteiger partial charge in [-0.25, -0.2) is 11.2 Å². The Hall–Kier alpha value is -3.33. The van der Waals surface area contributed by atoms with Crippen LogP contribution in [0.25, 0.3) is 4.85 Å². The minimum absolute atomic E-state index is 0.0453. The van der Waals surface area contributed by atoms with Crippen molar-refractivity contribution in [3.05, 3.63) is 41.2 Å². The average Bonchev–Trinajstić information content (AvgIpc) is 3.10. The Bertz CT molecular complexity index is 1260. The zero-order valence-corrected chi connectivity index (χ0v) is 32.2. The van der Waals surface area contributed by atoms with Crippen LogP contribution in [-0.2, 0) is 37.6 Å². The number of benzene rings is 1. The fraction of sp³-hybridized carbons (Fsp3) is 0.667.